The summed E-state index contributed by atoms with van der Waals surface area (Å²) >= 11 is 0. The van der Waals surface area contributed by atoms with Gasteiger partial charge < -0.3 is 10.2 Å². The maximum atomic E-state index is 13.5. The zero-order valence-corrected chi connectivity index (χ0v) is 21.6. The van der Waals surface area contributed by atoms with Crippen molar-refractivity contribution in [3.8, 4) is 0 Å². The number of halogens is 3. The van der Waals surface area contributed by atoms with Crippen molar-refractivity contribution in [1.82, 2.24) is 10.2 Å². The van der Waals surface area contributed by atoms with Crippen LogP contribution in [-0.4, -0.2) is 50.0 Å². The first-order valence-electron chi connectivity index (χ1n) is 11.6. The van der Waals surface area contributed by atoms with E-state index in [1.54, 1.807) is 37.3 Å². The normalized spacial score (nSPS) is 13.5. The van der Waals surface area contributed by atoms with Gasteiger partial charge in [-0.05, 0) is 43.5 Å². The maximum absolute atomic E-state index is 13.5. The number of carbonyl (C=O) groups is 2. The van der Waals surface area contributed by atoms with Crippen LogP contribution in [0.2, 0.25) is 0 Å². The molecule has 0 aromatic heterocycles. The number of nitrogens with one attached hydrogen (secondary N) is 1. The molecular weight excluding hydrogens is 495 g/mol. The Morgan fingerprint density at radius 1 is 1.00 bits per heavy atom. The fourth-order valence-electron chi connectivity index (χ4n) is 3.59. The minimum absolute atomic E-state index is 0.0201. The molecule has 0 aliphatic heterocycles. The average Bonchev–Trinajstić information content (AvgIpc) is 2.81. The molecule has 2 aromatic carbocycles. The highest BCUT2D eigenvalue weighted by atomic mass is 32.2. The van der Waals surface area contributed by atoms with Crippen LogP contribution >= 0.6 is 0 Å². The van der Waals surface area contributed by atoms with Crippen LogP contribution in [0.1, 0.15) is 44.7 Å². The van der Waals surface area contributed by atoms with E-state index in [-0.39, 0.29) is 30.6 Å². The first-order chi connectivity index (χ1) is 16.8. The van der Waals surface area contributed by atoms with Crippen molar-refractivity contribution in [3.63, 3.8) is 0 Å². The third-order valence-corrected chi connectivity index (χ3v) is 6.86. The molecule has 0 saturated heterocycles. The molecule has 198 valence electrons. The van der Waals surface area contributed by atoms with Crippen molar-refractivity contribution >= 4 is 27.5 Å². The molecule has 2 amide bonds. The summed E-state index contributed by atoms with van der Waals surface area (Å²) in [5.74, 6) is -1.10. The van der Waals surface area contributed by atoms with Crippen molar-refractivity contribution < 1.29 is 31.2 Å². The number of amides is 2. The predicted molar refractivity (Wildman–Crippen MR) is 133 cm³/mol. The highest BCUT2D eigenvalue weighted by Gasteiger charge is 2.34. The largest absolute Gasteiger partial charge is 0.416 e. The van der Waals surface area contributed by atoms with E-state index in [2.05, 4.69) is 5.32 Å². The number of hydrogen-bond donors (Lipinski definition) is 1. The number of rotatable bonds is 11. The van der Waals surface area contributed by atoms with Crippen LogP contribution in [0.3, 0.4) is 0 Å². The molecule has 7 nitrogen and oxygen atoms in total. The van der Waals surface area contributed by atoms with Gasteiger partial charge in [-0.15, -0.1) is 0 Å². The Morgan fingerprint density at radius 2 is 1.64 bits per heavy atom. The van der Waals surface area contributed by atoms with E-state index in [1.807, 2.05) is 13.8 Å². The molecule has 0 spiro atoms. The fourth-order valence-corrected chi connectivity index (χ4v) is 4.43. The summed E-state index contributed by atoms with van der Waals surface area (Å²) in [6.45, 7) is 4.71. The molecule has 2 aromatic rings. The lowest BCUT2D eigenvalue weighted by atomic mass is 10.1. The van der Waals surface area contributed by atoms with Gasteiger partial charge in [0.15, 0.2) is 0 Å². The van der Waals surface area contributed by atoms with Gasteiger partial charge in [0.1, 0.15) is 12.6 Å². The molecule has 0 fully saturated rings. The van der Waals surface area contributed by atoms with E-state index in [0.29, 0.717) is 22.4 Å². The maximum Gasteiger partial charge on any atom is 0.416 e. The molecule has 11 heteroatoms. The van der Waals surface area contributed by atoms with Crippen LogP contribution in [-0.2, 0) is 32.3 Å². The van der Waals surface area contributed by atoms with Gasteiger partial charge in [0.25, 0.3) is 0 Å². The van der Waals surface area contributed by atoms with E-state index in [1.165, 1.54) is 11.0 Å². The zero-order valence-electron chi connectivity index (χ0n) is 20.7. The van der Waals surface area contributed by atoms with Crippen LogP contribution in [0.25, 0.3) is 0 Å². The number of anilines is 1. The summed E-state index contributed by atoms with van der Waals surface area (Å²) in [5, 5.41) is 2.85. The molecule has 0 aliphatic carbocycles. The van der Waals surface area contributed by atoms with Gasteiger partial charge in [-0.2, -0.15) is 13.2 Å². The number of carbonyl (C=O) groups excluding carboxylic acids is 2. The lowest BCUT2D eigenvalue weighted by molar-refractivity contribution is -0.140. The number of hydrogen-bond acceptors (Lipinski definition) is 4. The molecule has 36 heavy (non-hydrogen) atoms. The van der Waals surface area contributed by atoms with Crippen molar-refractivity contribution in [2.75, 3.05) is 17.1 Å². The Bertz CT molecular complexity index is 1140. The summed E-state index contributed by atoms with van der Waals surface area (Å²) in [5.41, 5.74) is -0.621. The van der Waals surface area contributed by atoms with Gasteiger partial charge in [0.05, 0.1) is 17.5 Å². The highest BCUT2D eigenvalue weighted by Crippen LogP contribution is 2.32. The van der Waals surface area contributed by atoms with E-state index in [4.69, 9.17) is 0 Å². The quantitative estimate of drug-likeness (QED) is 0.475. The van der Waals surface area contributed by atoms with Crippen LogP contribution in [0.4, 0.5) is 18.9 Å². The van der Waals surface area contributed by atoms with E-state index < -0.39 is 40.3 Å². The van der Waals surface area contributed by atoms with Crippen molar-refractivity contribution in [3.05, 3.63) is 65.7 Å². The molecule has 1 N–H and O–H groups in total. The Hall–Kier alpha value is -3.08. The molecule has 0 heterocycles. The van der Waals surface area contributed by atoms with Gasteiger partial charge in [-0.1, -0.05) is 50.2 Å². The summed E-state index contributed by atoms with van der Waals surface area (Å²) in [7, 11) is -4.14. The lowest BCUT2D eigenvalue weighted by Crippen LogP contribution is -2.53. The Labute approximate surface area is 210 Å². The molecule has 0 saturated carbocycles. The average molecular weight is 528 g/mol. The number of nitrogens with zero attached hydrogens (tertiary/aromatic N) is 2. The van der Waals surface area contributed by atoms with Crippen LogP contribution in [0, 0.1) is 0 Å². The lowest BCUT2D eigenvalue weighted by Gasteiger charge is -2.33. The minimum atomic E-state index is -4.69. The second-order valence-corrected chi connectivity index (χ2v) is 10.5. The van der Waals surface area contributed by atoms with Crippen molar-refractivity contribution in [2.45, 2.75) is 58.4 Å². The third-order valence-electron chi connectivity index (χ3n) is 5.72. The molecule has 0 radical (unpaired) electrons. The SMILES string of the molecule is CC[C@H](C)NC(=O)[C@H](CC)N(Cc1ccccc1)C(=O)CN(c1cccc(C(F)(F)F)c1)S(C)(=O)=O. The second kappa shape index (κ2) is 12.2. The first-order valence-corrected chi connectivity index (χ1v) is 13.4. The summed E-state index contributed by atoms with van der Waals surface area (Å²) in [6, 6.07) is 11.6. The second-order valence-electron chi connectivity index (χ2n) is 8.57. The van der Waals surface area contributed by atoms with E-state index >= 15 is 0 Å². The van der Waals surface area contributed by atoms with Gasteiger partial charge in [0.2, 0.25) is 21.8 Å². The standard InChI is InChI=1S/C25H32F3N3O4S/c1-5-18(3)29-24(33)22(6-2)30(16-19-11-8-7-9-12-19)23(32)17-31(36(4,34)35)21-14-10-13-20(15-21)25(26,27)28/h7-15,18,22H,5-6,16-17H2,1-4H3,(H,29,33)/t18-,22-/m0/s1. The summed E-state index contributed by atoms with van der Waals surface area (Å²) in [4.78, 5) is 27.8. The number of sulfonamides is 1. The third kappa shape index (κ3) is 7.97. The minimum Gasteiger partial charge on any atom is -0.352 e. The Kier molecular flexibility index (Phi) is 9.92. The van der Waals surface area contributed by atoms with Gasteiger partial charge in [-0.25, -0.2) is 8.42 Å². The number of alkyl halides is 3. The number of benzene rings is 2. The van der Waals surface area contributed by atoms with Gasteiger partial charge in [-0.3, -0.25) is 13.9 Å². The predicted octanol–water partition coefficient (Wildman–Crippen LogP) is 4.19. The summed E-state index contributed by atoms with van der Waals surface area (Å²) in [6.07, 6.45) is -2.95. The molecule has 2 atom stereocenters. The molecule has 0 unspecified atom stereocenters. The Balaban J connectivity index is 2.46. The van der Waals surface area contributed by atoms with Crippen LogP contribution < -0.4 is 9.62 Å². The molecular formula is C25H32F3N3O4S. The summed E-state index contributed by atoms with van der Waals surface area (Å²) < 4.78 is 65.5. The zero-order chi connectivity index (χ0) is 27.1. The smallest absolute Gasteiger partial charge is 0.352 e. The first kappa shape index (κ1) is 29.2. The van der Waals surface area contributed by atoms with Crippen LogP contribution in [0.15, 0.2) is 54.6 Å². The Morgan fingerprint density at radius 3 is 2.17 bits per heavy atom. The fraction of sp³-hybridized carbons (Fsp3) is 0.440. The van der Waals surface area contributed by atoms with E-state index in [9.17, 15) is 31.2 Å². The molecule has 0 aliphatic rings. The van der Waals surface area contributed by atoms with Crippen LogP contribution in [0.5, 0.6) is 0 Å². The highest BCUT2D eigenvalue weighted by molar-refractivity contribution is 7.92. The van der Waals surface area contributed by atoms with Crippen molar-refractivity contribution in [1.29, 1.82) is 0 Å². The van der Waals surface area contributed by atoms with Gasteiger partial charge >= 0.3 is 6.18 Å². The molecule has 0 bridgehead atoms. The van der Waals surface area contributed by atoms with Gasteiger partial charge in [0, 0.05) is 12.6 Å². The van der Waals surface area contributed by atoms with Crippen molar-refractivity contribution in [2.24, 2.45) is 0 Å². The monoisotopic (exact) mass is 527 g/mol. The topological polar surface area (TPSA) is 86.8 Å². The molecule has 2 rings (SSSR count). The van der Waals surface area contributed by atoms with E-state index in [0.717, 1.165) is 18.4 Å².